The number of fused-ring (bicyclic) bond motifs is 1. The van der Waals surface area contributed by atoms with Gasteiger partial charge < -0.3 is 5.32 Å². The molecule has 0 amide bonds. The smallest absolute Gasteiger partial charge is 0.0309 e. The molecular formula is C18H26N2. The third-order valence-corrected chi connectivity index (χ3v) is 5.88. The Hall–Kier alpha value is -0.860. The van der Waals surface area contributed by atoms with E-state index >= 15 is 0 Å². The lowest BCUT2D eigenvalue weighted by Crippen LogP contribution is -2.63. The molecular weight excluding hydrogens is 244 g/mol. The van der Waals surface area contributed by atoms with Crippen molar-refractivity contribution in [2.45, 2.75) is 56.5 Å². The van der Waals surface area contributed by atoms with Crippen molar-refractivity contribution in [2.24, 2.45) is 0 Å². The van der Waals surface area contributed by atoms with Crippen LogP contribution in [0.25, 0.3) is 0 Å². The van der Waals surface area contributed by atoms with Gasteiger partial charge in [-0.25, -0.2) is 0 Å². The topological polar surface area (TPSA) is 15.3 Å². The minimum absolute atomic E-state index is 0.454. The van der Waals surface area contributed by atoms with E-state index in [1.165, 1.54) is 51.7 Å². The monoisotopic (exact) mass is 270 g/mol. The number of nitrogens with one attached hydrogen (secondary N) is 1. The lowest BCUT2D eigenvalue weighted by molar-refractivity contribution is 0.0809. The van der Waals surface area contributed by atoms with Gasteiger partial charge in [-0.2, -0.15) is 0 Å². The molecule has 4 rings (SSSR count). The third-order valence-electron chi connectivity index (χ3n) is 5.88. The molecule has 1 heterocycles. The molecule has 1 aromatic rings. The van der Waals surface area contributed by atoms with Crippen molar-refractivity contribution in [3.8, 4) is 0 Å². The second kappa shape index (κ2) is 4.85. The van der Waals surface area contributed by atoms with E-state index in [2.05, 4.69) is 41.4 Å². The van der Waals surface area contributed by atoms with Crippen molar-refractivity contribution in [3.63, 3.8) is 0 Å². The average Bonchev–Trinajstić information content (AvgIpc) is 2.89. The van der Waals surface area contributed by atoms with E-state index in [9.17, 15) is 0 Å². The molecule has 2 atom stereocenters. The maximum absolute atomic E-state index is 3.86. The first kappa shape index (κ1) is 12.8. The first-order chi connectivity index (χ1) is 9.76. The van der Waals surface area contributed by atoms with Gasteiger partial charge in [0.25, 0.3) is 0 Å². The Kier molecular flexibility index (Phi) is 3.12. The molecule has 2 heteroatoms. The Morgan fingerprint density at radius 3 is 2.85 bits per heavy atom. The van der Waals surface area contributed by atoms with Crippen LogP contribution in [0, 0.1) is 0 Å². The number of hydrogen-bond donors (Lipinski definition) is 1. The quantitative estimate of drug-likeness (QED) is 0.889. The second-order valence-corrected chi connectivity index (χ2v) is 7.25. The lowest BCUT2D eigenvalue weighted by Gasteiger charge is -2.47. The number of piperazine rings is 1. The van der Waals surface area contributed by atoms with E-state index in [4.69, 9.17) is 0 Å². The Bertz CT molecular complexity index is 490. The van der Waals surface area contributed by atoms with Gasteiger partial charge in [-0.3, -0.25) is 4.90 Å². The minimum Gasteiger partial charge on any atom is -0.308 e. The summed E-state index contributed by atoms with van der Waals surface area (Å²) in [4.78, 5) is 2.77. The van der Waals surface area contributed by atoms with Crippen LogP contribution >= 0.6 is 0 Å². The highest BCUT2D eigenvalue weighted by Crippen LogP contribution is 2.38. The number of rotatable bonds is 2. The van der Waals surface area contributed by atoms with Crippen LogP contribution in [0.15, 0.2) is 24.3 Å². The molecule has 1 saturated heterocycles. The Morgan fingerprint density at radius 2 is 2.05 bits per heavy atom. The predicted octanol–water partition coefficient (Wildman–Crippen LogP) is 2.93. The highest BCUT2D eigenvalue weighted by atomic mass is 15.3. The lowest BCUT2D eigenvalue weighted by atomic mass is 9.77. The van der Waals surface area contributed by atoms with E-state index in [-0.39, 0.29) is 0 Å². The molecule has 2 nitrogen and oxygen atoms in total. The van der Waals surface area contributed by atoms with Crippen molar-refractivity contribution < 1.29 is 0 Å². The zero-order valence-corrected chi connectivity index (χ0v) is 12.6. The van der Waals surface area contributed by atoms with Gasteiger partial charge in [-0.1, -0.05) is 37.1 Å². The average molecular weight is 270 g/mol. The largest absolute Gasteiger partial charge is 0.308 e. The molecule has 0 aromatic heterocycles. The van der Waals surface area contributed by atoms with E-state index in [1.54, 1.807) is 11.1 Å². The molecule has 1 aromatic carbocycles. The summed E-state index contributed by atoms with van der Waals surface area (Å²) in [7, 11) is 0. The molecule has 1 spiro atoms. The fourth-order valence-electron chi connectivity index (χ4n) is 4.53. The number of nitrogens with zero attached hydrogens (tertiary/aromatic N) is 1. The summed E-state index contributed by atoms with van der Waals surface area (Å²) in [6.45, 7) is 6.10. The predicted molar refractivity (Wildman–Crippen MR) is 83.1 cm³/mol. The molecule has 2 aliphatic carbocycles. The molecule has 108 valence electrons. The van der Waals surface area contributed by atoms with Crippen LogP contribution < -0.4 is 5.32 Å². The Labute approximate surface area is 122 Å². The van der Waals surface area contributed by atoms with Gasteiger partial charge in [0.05, 0.1) is 0 Å². The Morgan fingerprint density at radius 1 is 1.25 bits per heavy atom. The van der Waals surface area contributed by atoms with Crippen LogP contribution in [0.5, 0.6) is 0 Å². The van der Waals surface area contributed by atoms with Crippen molar-refractivity contribution in [2.75, 3.05) is 19.6 Å². The molecule has 0 bridgehead atoms. The summed E-state index contributed by atoms with van der Waals surface area (Å²) in [6.07, 6.45) is 6.90. The summed E-state index contributed by atoms with van der Waals surface area (Å²) in [6, 6.07) is 9.70. The fourth-order valence-corrected chi connectivity index (χ4v) is 4.53. The number of hydrogen-bond acceptors (Lipinski definition) is 2. The molecule has 3 aliphatic rings. The van der Waals surface area contributed by atoms with Crippen molar-refractivity contribution in [1.82, 2.24) is 10.2 Å². The first-order valence-electron chi connectivity index (χ1n) is 8.33. The molecule has 2 unspecified atom stereocenters. The van der Waals surface area contributed by atoms with Crippen molar-refractivity contribution in [3.05, 3.63) is 35.4 Å². The first-order valence-corrected chi connectivity index (χ1v) is 8.33. The summed E-state index contributed by atoms with van der Waals surface area (Å²) in [5.74, 6) is 0.783. The zero-order valence-electron chi connectivity index (χ0n) is 12.6. The van der Waals surface area contributed by atoms with Crippen LogP contribution in [-0.2, 0) is 6.42 Å². The zero-order chi connectivity index (χ0) is 13.6. The van der Waals surface area contributed by atoms with Gasteiger partial charge in [0, 0.05) is 37.1 Å². The summed E-state index contributed by atoms with van der Waals surface area (Å²) < 4.78 is 0. The standard InChI is InChI=1S/C18H26N2/c1-14-11-19-18(8-4-5-9-18)13-20(14)12-16-10-15-6-2-3-7-17(15)16/h2-3,6-7,14,16,19H,4-5,8-13H2,1H3. The molecule has 20 heavy (non-hydrogen) atoms. The van der Waals surface area contributed by atoms with Crippen LogP contribution in [-0.4, -0.2) is 36.1 Å². The van der Waals surface area contributed by atoms with Gasteiger partial charge in [-0.15, -0.1) is 0 Å². The van der Waals surface area contributed by atoms with E-state index in [0.29, 0.717) is 11.6 Å². The van der Waals surface area contributed by atoms with Gasteiger partial charge in [0.15, 0.2) is 0 Å². The van der Waals surface area contributed by atoms with Gasteiger partial charge >= 0.3 is 0 Å². The van der Waals surface area contributed by atoms with Crippen LogP contribution in [0.1, 0.15) is 49.7 Å². The molecule has 2 fully saturated rings. The molecule has 1 aliphatic heterocycles. The minimum atomic E-state index is 0.454. The van der Waals surface area contributed by atoms with Gasteiger partial charge in [-0.05, 0) is 37.3 Å². The van der Waals surface area contributed by atoms with E-state index in [1.807, 2.05) is 0 Å². The fraction of sp³-hybridized carbons (Fsp3) is 0.667. The van der Waals surface area contributed by atoms with Crippen molar-refractivity contribution >= 4 is 0 Å². The SMILES string of the molecule is CC1CNC2(CCCC2)CN1CC1Cc2ccccc21. The molecule has 1 saturated carbocycles. The second-order valence-electron chi connectivity index (χ2n) is 7.25. The summed E-state index contributed by atoms with van der Waals surface area (Å²) in [5, 5.41) is 3.86. The normalized spacial score (nSPS) is 32.0. The Balaban J connectivity index is 1.45. The van der Waals surface area contributed by atoms with Gasteiger partial charge in [0.1, 0.15) is 0 Å². The maximum atomic E-state index is 3.86. The molecule has 0 radical (unpaired) electrons. The van der Waals surface area contributed by atoms with Crippen LogP contribution in [0.2, 0.25) is 0 Å². The van der Waals surface area contributed by atoms with Crippen LogP contribution in [0.3, 0.4) is 0 Å². The number of benzene rings is 1. The summed E-state index contributed by atoms with van der Waals surface area (Å²) >= 11 is 0. The maximum Gasteiger partial charge on any atom is 0.0309 e. The highest BCUT2D eigenvalue weighted by molar-refractivity contribution is 5.40. The summed E-state index contributed by atoms with van der Waals surface area (Å²) in [5.41, 5.74) is 3.64. The molecule has 1 N–H and O–H groups in total. The van der Waals surface area contributed by atoms with Crippen LogP contribution in [0.4, 0.5) is 0 Å². The third kappa shape index (κ3) is 2.10. The van der Waals surface area contributed by atoms with E-state index < -0.39 is 0 Å². The highest BCUT2D eigenvalue weighted by Gasteiger charge is 2.41. The van der Waals surface area contributed by atoms with Crippen molar-refractivity contribution in [1.29, 1.82) is 0 Å². The van der Waals surface area contributed by atoms with Gasteiger partial charge in [0.2, 0.25) is 0 Å². The van der Waals surface area contributed by atoms with E-state index in [0.717, 1.165) is 5.92 Å².